The Morgan fingerprint density at radius 3 is 1.58 bits per heavy atom. The topological polar surface area (TPSA) is 9.23 Å². The second kappa shape index (κ2) is 6.83. The lowest BCUT2D eigenvalue weighted by molar-refractivity contribution is 0.415. The number of hydrogen-bond donors (Lipinski definition) is 0. The molecule has 0 aromatic heterocycles. The van der Waals surface area contributed by atoms with E-state index in [2.05, 4.69) is 6.92 Å². The predicted octanol–water partition coefficient (Wildman–Crippen LogP) is 5.87. The van der Waals surface area contributed by atoms with Gasteiger partial charge >= 0.3 is 0 Å². The summed E-state index contributed by atoms with van der Waals surface area (Å²) in [6.07, 6.45) is 0.910. The molecule has 0 heterocycles. The lowest BCUT2D eigenvalue weighted by Gasteiger charge is -2.10. The number of benzene rings is 3. The Morgan fingerprint density at radius 2 is 1.17 bits per heavy atom. The van der Waals surface area contributed by atoms with Crippen molar-refractivity contribution in [3.05, 3.63) is 77.9 Å². The van der Waals surface area contributed by atoms with E-state index in [0.717, 1.165) is 12.0 Å². The molecule has 0 bridgehead atoms. The van der Waals surface area contributed by atoms with Gasteiger partial charge in [-0.2, -0.15) is 0 Å². The third-order valence-electron chi connectivity index (χ3n) is 4.16. The quantitative estimate of drug-likeness (QED) is 0.583. The smallest absolute Gasteiger partial charge is 0.167 e. The minimum Gasteiger partial charge on any atom is -0.497 e. The van der Waals surface area contributed by atoms with E-state index in [0.29, 0.717) is 16.9 Å². The Balaban J connectivity index is 2.01. The summed E-state index contributed by atoms with van der Waals surface area (Å²) >= 11 is 0. The normalized spacial score (nSPS) is 10.7. The molecule has 122 valence electrons. The molecule has 0 spiro atoms. The maximum atomic E-state index is 14.6. The zero-order valence-electron chi connectivity index (χ0n) is 13.6. The molecule has 3 rings (SSSR count). The lowest BCUT2D eigenvalue weighted by Crippen LogP contribution is -1.94. The number of rotatable bonds is 4. The van der Waals surface area contributed by atoms with Gasteiger partial charge in [0.1, 0.15) is 5.75 Å². The van der Waals surface area contributed by atoms with E-state index in [1.165, 1.54) is 0 Å². The van der Waals surface area contributed by atoms with Gasteiger partial charge in [0, 0.05) is 11.1 Å². The molecule has 24 heavy (non-hydrogen) atoms. The average molecular weight is 324 g/mol. The molecule has 0 saturated carbocycles. The van der Waals surface area contributed by atoms with Crippen LogP contribution in [-0.2, 0) is 6.42 Å². The summed E-state index contributed by atoms with van der Waals surface area (Å²) < 4.78 is 34.2. The first-order valence-corrected chi connectivity index (χ1v) is 7.85. The molecule has 0 saturated heterocycles. The van der Waals surface area contributed by atoms with Gasteiger partial charge in [-0.25, -0.2) is 8.78 Å². The van der Waals surface area contributed by atoms with E-state index in [9.17, 15) is 8.78 Å². The van der Waals surface area contributed by atoms with Crippen LogP contribution in [0.2, 0.25) is 0 Å². The second-order valence-corrected chi connectivity index (χ2v) is 5.57. The standard InChI is InChI=1S/C21H18F2O/c1-3-14-4-6-15(7-5-14)18-12-13-19(21(23)20(18)22)16-8-10-17(24-2)11-9-16/h4-13H,3H2,1-2H3. The second-order valence-electron chi connectivity index (χ2n) is 5.57. The molecule has 0 aliphatic heterocycles. The van der Waals surface area contributed by atoms with Gasteiger partial charge in [0.15, 0.2) is 11.6 Å². The van der Waals surface area contributed by atoms with Crippen molar-refractivity contribution in [1.82, 2.24) is 0 Å². The molecule has 3 aromatic rings. The van der Waals surface area contributed by atoms with Crippen molar-refractivity contribution in [1.29, 1.82) is 0 Å². The van der Waals surface area contributed by atoms with E-state index >= 15 is 0 Å². The van der Waals surface area contributed by atoms with Crippen molar-refractivity contribution in [2.24, 2.45) is 0 Å². The van der Waals surface area contributed by atoms with Gasteiger partial charge in [0.2, 0.25) is 0 Å². The van der Waals surface area contributed by atoms with Crippen LogP contribution in [0.1, 0.15) is 12.5 Å². The highest BCUT2D eigenvalue weighted by Gasteiger charge is 2.16. The Hall–Kier alpha value is -2.68. The van der Waals surface area contributed by atoms with Crippen molar-refractivity contribution in [3.63, 3.8) is 0 Å². The molecule has 0 radical (unpaired) electrons. The van der Waals surface area contributed by atoms with E-state index in [1.807, 2.05) is 24.3 Å². The maximum absolute atomic E-state index is 14.6. The van der Waals surface area contributed by atoms with E-state index in [4.69, 9.17) is 4.74 Å². The predicted molar refractivity (Wildman–Crippen MR) is 93.2 cm³/mol. The van der Waals surface area contributed by atoms with Crippen LogP contribution in [-0.4, -0.2) is 7.11 Å². The third-order valence-corrected chi connectivity index (χ3v) is 4.16. The van der Waals surface area contributed by atoms with Crippen molar-refractivity contribution < 1.29 is 13.5 Å². The minimum absolute atomic E-state index is 0.240. The largest absolute Gasteiger partial charge is 0.497 e. The van der Waals surface area contributed by atoms with Gasteiger partial charge in [0.05, 0.1) is 7.11 Å². The number of halogens is 2. The lowest BCUT2D eigenvalue weighted by atomic mass is 9.98. The maximum Gasteiger partial charge on any atom is 0.167 e. The van der Waals surface area contributed by atoms with Crippen LogP contribution in [0.25, 0.3) is 22.3 Å². The number of hydrogen-bond acceptors (Lipinski definition) is 1. The Morgan fingerprint density at radius 1 is 0.708 bits per heavy atom. The number of methoxy groups -OCH3 is 1. The Bertz CT molecular complexity index is 764. The van der Waals surface area contributed by atoms with Gasteiger partial charge in [-0.05, 0) is 35.2 Å². The summed E-state index contributed by atoms with van der Waals surface area (Å²) in [5, 5.41) is 0. The Kier molecular flexibility index (Phi) is 4.61. The van der Waals surface area contributed by atoms with Crippen LogP contribution in [0.5, 0.6) is 5.75 Å². The fraction of sp³-hybridized carbons (Fsp3) is 0.143. The summed E-state index contributed by atoms with van der Waals surface area (Å²) in [7, 11) is 1.56. The molecule has 3 aromatic carbocycles. The van der Waals surface area contributed by atoms with Gasteiger partial charge < -0.3 is 4.74 Å². The Labute approximate surface area is 140 Å². The van der Waals surface area contributed by atoms with E-state index in [1.54, 1.807) is 43.5 Å². The highest BCUT2D eigenvalue weighted by Crippen LogP contribution is 2.32. The molecule has 0 N–H and O–H groups in total. The molecule has 0 fully saturated rings. The molecule has 1 nitrogen and oxygen atoms in total. The summed E-state index contributed by atoms with van der Waals surface area (Å²) in [6.45, 7) is 2.05. The van der Waals surface area contributed by atoms with Crippen LogP contribution in [0.4, 0.5) is 8.78 Å². The van der Waals surface area contributed by atoms with Crippen LogP contribution in [0.3, 0.4) is 0 Å². The van der Waals surface area contributed by atoms with Gasteiger partial charge in [-0.15, -0.1) is 0 Å². The minimum atomic E-state index is -0.836. The first-order valence-electron chi connectivity index (χ1n) is 7.85. The average Bonchev–Trinajstić information content (AvgIpc) is 2.64. The summed E-state index contributed by atoms with van der Waals surface area (Å²) in [6, 6.07) is 17.6. The van der Waals surface area contributed by atoms with Crippen molar-refractivity contribution in [2.45, 2.75) is 13.3 Å². The van der Waals surface area contributed by atoms with Gasteiger partial charge in [0.25, 0.3) is 0 Å². The fourth-order valence-electron chi connectivity index (χ4n) is 2.69. The first-order chi connectivity index (χ1) is 11.6. The summed E-state index contributed by atoms with van der Waals surface area (Å²) in [5.74, 6) is -0.989. The van der Waals surface area contributed by atoms with Crippen LogP contribution in [0, 0.1) is 11.6 Å². The molecule has 0 amide bonds. The third kappa shape index (κ3) is 3.02. The van der Waals surface area contributed by atoms with Crippen LogP contribution >= 0.6 is 0 Å². The molecule has 3 heteroatoms. The molecule has 0 aliphatic rings. The fourth-order valence-corrected chi connectivity index (χ4v) is 2.69. The molecule has 0 unspecified atom stereocenters. The SMILES string of the molecule is CCc1ccc(-c2ccc(-c3ccc(OC)cc3)c(F)c2F)cc1. The molecular weight excluding hydrogens is 306 g/mol. The van der Waals surface area contributed by atoms with Crippen LogP contribution in [0.15, 0.2) is 60.7 Å². The highest BCUT2D eigenvalue weighted by molar-refractivity contribution is 5.72. The summed E-state index contributed by atoms with van der Waals surface area (Å²) in [5.41, 5.74) is 2.95. The molecule has 0 atom stereocenters. The first kappa shape index (κ1) is 16.2. The van der Waals surface area contributed by atoms with Crippen LogP contribution < -0.4 is 4.74 Å². The molecule has 0 aliphatic carbocycles. The van der Waals surface area contributed by atoms with Crippen molar-refractivity contribution >= 4 is 0 Å². The van der Waals surface area contributed by atoms with Crippen molar-refractivity contribution in [3.8, 4) is 28.0 Å². The van der Waals surface area contributed by atoms with Gasteiger partial charge in [-0.3, -0.25) is 0 Å². The summed E-state index contributed by atoms with van der Waals surface area (Å²) in [4.78, 5) is 0. The van der Waals surface area contributed by atoms with E-state index in [-0.39, 0.29) is 11.1 Å². The number of ether oxygens (including phenoxy) is 1. The zero-order chi connectivity index (χ0) is 17.1. The van der Waals surface area contributed by atoms with E-state index < -0.39 is 11.6 Å². The molecular formula is C21H18F2O. The monoisotopic (exact) mass is 324 g/mol. The zero-order valence-corrected chi connectivity index (χ0v) is 13.6. The number of aryl methyl sites for hydroxylation is 1. The van der Waals surface area contributed by atoms with Gasteiger partial charge in [-0.1, -0.05) is 55.5 Å². The van der Waals surface area contributed by atoms with Crippen molar-refractivity contribution in [2.75, 3.05) is 7.11 Å². The highest BCUT2D eigenvalue weighted by atomic mass is 19.2.